The zero-order valence-electron chi connectivity index (χ0n) is 22.0. The maximum Gasteiger partial charge on any atom is 0.206 e. The summed E-state index contributed by atoms with van der Waals surface area (Å²) < 4.78 is 48.6. The van der Waals surface area contributed by atoms with Crippen molar-refractivity contribution >= 4 is 42.8 Å². The summed E-state index contributed by atoms with van der Waals surface area (Å²) in [6, 6.07) is 23.2. The average Bonchev–Trinajstić information content (AvgIpc) is 2.96. The molecule has 10 heteroatoms. The third-order valence-electron chi connectivity index (χ3n) is 6.57. The van der Waals surface area contributed by atoms with Gasteiger partial charge in [-0.1, -0.05) is 30.3 Å². The molecular weight excluding hydrogens is 544 g/mol. The van der Waals surface area contributed by atoms with Crippen LogP contribution in [0.1, 0.15) is 16.7 Å². The SMILES string of the molecule is CS(=O)(=O)CCNCc1cccc(N2C=Cc3cncc(Nc4ccc(S(=O)(=O)c5ccccc5)cc4)c3C2)c1. The molecule has 0 fully saturated rings. The maximum absolute atomic E-state index is 12.9. The Hall–Kier alpha value is -3.99. The van der Waals surface area contributed by atoms with Crippen LogP contribution in [0.15, 0.2) is 107 Å². The first-order valence-corrected chi connectivity index (χ1v) is 16.3. The van der Waals surface area contributed by atoms with Gasteiger partial charge in [0.1, 0.15) is 9.84 Å². The van der Waals surface area contributed by atoms with Crippen molar-refractivity contribution in [1.29, 1.82) is 0 Å². The molecular formula is C30H30N4O4S2. The van der Waals surface area contributed by atoms with E-state index in [1.807, 2.05) is 36.7 Å². The molecule has 0 radical (unpaired) electrons. The van der Waals surface area contributed by atoms with E-state index >= 15 is 0 Å². The van der Waals surface area contributed by atoms with E-state index in [0.717, 1.165) is 33.8 Å². The summed E-state index contributed by atoms with van der Waals surface area (Å²) >= 11 is 0. The van der Waals surface area contributed by atoms with E-state index in [0.29, 0.717) is 19.6 Å². The van der Waals surface area contributed by atoms with Gasteiger partial charge in [-0.2, -0.15) is 0 Å². The van der Waals surface area contributed by atoms with Crippen LogP contribution < -0.4 is 15.5 Å². The van der Waals surface area contributed by atoms with Crippen molar-refractivity contribution in [3.8, 4) is 0 Å². The van der Waals surface area contributed by atoms with Gasteiger partial charge in [-0.05, 0) is 60.2 Å². The molecule has 5 rings (SSSR count). The molecule has 1 aliphatic heterocycles. The minimum atomic E-state index is -3.59. The van der Waals surface area contributed by atoms with Crippen molar-refractivity contribution in [2.75, 3.05) is 28.8 Å². The highest BCUT2D eigenvalue weighted by atomic mass is 32.2. The van der Waals surface area contributed by atoms with Crippen molar-refractivity contribution in [2.45, 2.75) is 22.9 Å². The predicted octanol–water partition coefficient (Wildman–Crippen LogP) is 4.78. The Morgan fingerprint density at radius 1 is 0.875 bits per heavy atom. The topological polar surface area (TPSA) is 108 Å². The summed E-state index contributed by atoms with van der Waals surface area (Å²) in [5, 5.41) is 6.59. The molecule has 2 N–H and O–H groups in total. The second kappa shape index (κ2) is 11.6. The lowest BCUT2D eigenvalue weighted by molar-refractivity contribution is 0.594. The van der Waals surface area contributed by atoms with Crippen LogP contribution in [0, 0.1) is 0 Å². The van der Waals surface area contributed by atoms with Gasteiger partial charge in [0.15, 0.2) is 0 Å². The third kappa shape index (κ3) is 6.59. The fraction of sp³-hybridized carbons (Fsp3) is 0.167. The van der Waals surface area contributed by atoms with Crippen molar-refractivity contribution in [3.05, 3.63) is 114 Å². The van der Waals surface area contributed by atoms with Crippen LogP contribution in [0.2, 0.25) is 0 Å². The van der Waals surface area contributed by atoms with E-state index in [1.54, 1.807) is 60.8 Å². The number of nitrogens with one attached hydrogen (secondary N) is 2. The van der Waals surface area contributed by atoms with E-state index in [1.165, 1.54) is 6.26 Å². The van der Waals surface area contributed by atoms with Crippen molar-refractivity contribution in [3.63, 3.8) is 0 Å². The van der Waals surface area contributed by atoms with Gasteiger partial charge in [0.05, 0.1) is 34.0 Å². The molecule has 0 saturated heterocycles. The molecule has 0 saturated carbocycles. The van der Waals surface area contributed by atoms with E-state index in [4.69, 9.17) is 0 Å². The highest BCUT2D eigenvalue weighted by Crippen LogP contribution is 2.32. The smallest absolute Gasteiger partial charge is 0.206 e. The van der Waals surface area contributed by atoms with E-state index in [2.05, 4.69) is 26.6 Å². The fourth-order valence-corrected chi connectivity index (χ4v) is 6.24. The molecule has 1 aromatic heterocycles. The van der Waals surface area contributed by atoms with Crippen LogP contribution in [-0.4, -0.2) is 40.4 Å². The number of rotatable bonds is 10. The number of sulfone groups is 2. The summed E-state index contributed by atoms with van der Waals surface area (Å²) in [4.78, 5) is 7.02. The standard InChI is InChI=1S/C30H30N4O4S2/c1-39(35,36)17-15-31-19-23-6-5-7-26(18-23)34-16-14-24-20-32-21-30(29(24)22-34)33-25-10-12-28(13-11-25)40(37,38)27-8-3-2-4-9-27/h2-14,16,18,20-21,31,33H,15,17,19,22H2,1H3. The molecule has 0 atom stereocenters. The Kier molecular flexibility index (Phi) is 8.02. The molecule has 0 amide bonds. The number of nitrogens with zero attached hydrogens (tertiary/aromatic N) is 2. The summed E-state index contributed by atoms with van der Waals surface area (Å²) in [5.74, 6) is 0.105. The third-order valence-corrected chi connectivity index (χ3v) is 9.30. The maximum atomic E-state index is 12.9. The monoisotopic (exact) mass is 574 g/mol. The molecule has 1 aliphatic rings. The van der Waals surface area contributed by atoms with Crippen LogP contribution in [0.3, 0.4) is 0 Å². The lowest BCUT2D eigenvalue weighted by Gasteiger charge is -2.27. The van der Waals surface area contributed by atoms with Crippen LogP contribution in [-0.2, 0) is 32.8 Å². The van der Waals surface area contributed by atoms with Crippen molar-refractivity contribution < 1.29 is 16.8 Å². The number of benzene rings is 3. The molecule has 206 valence electrons. The highest BCUT2D eigenvalue weighted by molar-refractivity contribution is 7.91. The zero-order valence-corrected chi connectivity index (χ0v) is 23.6. The zero-order chi connectivity index (χ0) is 28.2. The van der Waals surface area contributed by atoms with Crippen LogP contribution in [0.4, 0.5) is 17.1 Å². The molecule has 3 aromatic carbocycles. The van der Waals surface area contributed by atoms with Crippen LogP contribution >= 0.6 is 0 Å². The number of pyridine rings is 1. The van der Waals surface area contributed by atoms with Gasteiger partial charge in [0.25, 0.3) is 0 Å². The summed E-state index contributed by atoms with van der Waals surface area (Å²) in [6.45, 7) is 1.59. The summed E-state index contributed by atoms with van der Waals surface area (Å²) in [7, 11) is -6.58. The average molecular weight is 575 g/mol. The van der Waals surface area contributed by atoms with Gasteiger partial charge in [-0.25, -0.2) is 16.8 Å². The summed E-state index contributed by atoms with van der Waals surface area (Å²) in [6.07, 6.45) is 8.87. The quantitative estimate of drug-likeness (QED) is 0.261. The molecule has 0 spiro atoms. The lowest BCUT2D eigenvalue weighted by Crippen LogP contribution is -2.23. The number of hydrogen-bond donors (Lipinski definition) is 2. The van der Waals surface area contributed by atoms with Gasteiger partial charge in [0, 0.05) is 54.2 Å². The second-order valence-corrected chi connectivity index (χ2v) is 13.9. The minimum Gasteiger partial charge on any atom is -0.354 e. The van der Waals surface area contributed by atoms with E-state index in [-0.39, 0.29) is 15.5 Å². The normalized spacial score (nSPS) is 13.2. The number of hydrogen-bond acceptors (Lipinski definition) is 8. The van der Waals surface area contributed by atoms with Gasteiger partial charge < -0.3 is 15.5 Å². The number of aromatic nitrogens is 1. The van der Waals surface area contributed by atoms with Crippen LogP contribution in [0.25, 0.3) is 6.08 Å². The van der Waals surface area contributed by atoms with E-state index in [9.17, 15) is 16.8 Å². The van der Waals surface area contributed by atoms with Crippen molar-refractivity contribution in [1.82, 2.24) is 10.3 Å². The van der Waals surface area contributed by atoms with Crippen molar-refractivity contribution in [2.24, 2.45) is 0 Å². The number of fused-ring (bicyclic) bond motifs is 1. The van der Waals surface area contributed by atoms with Gasteiger partial charge in [-0.3, -0.25) is 4.98 Å². The molecule has 40 heavy (non-hydrogen) atoms. The highest BCUT2D eigenvalue weighted by Gasteiger charge is 2.19. The Morgan fingerprint density at radius 3 is 2.38 bits per heavy atom. The second-order valence-electron chi connectivity index (χ2n) is 9.64. The Balaban J connectivity index is 1.30. The molecule has 0 unspecified atom stereocenters. The fourth-order valence-electron chi connectivity index (χ4n) is 4.45. The molecule has 8 nitrogen and oxygen atoms in total. The first-order valence-electron chi connectivity index (χ1n) is 12.8. The Labute approximate surface area is 235 Å². The van der Waals surface area contributed by atoms with Crippen LogP contribution in [0.5, 0.6) is 0 Å². The predicted molar refractivity (Wildman–Crippen MR) is 159 cm³/mol. The Bertz CT molecular complexity index is 1740. The lowest BCUT2D eigenvalue weighted by atomic mass is 10.0. The van der Waals surface area contributed by atoms with Gasteiger partial charge in [0.2, 0.25) is 9.84 Å². The molecule has 2 heterocycles. The summed E-state index contributed by atoms with van der Waals surface area (Å²) in [5.41, 5.74) is 5.74. The first kappa shape index (κ1) is 27.6. The largest absolute Gasteiger partial charge is 0.354 e. The Morgan fingerprint density at radius 2 is 1.62 bits per heavy atom. The van der Waals surface area contributed by atoms with Gasteiger partial charge >= 0.3 is 0 Å². The minimum absolute atomic E-state index is 0.105. The molecule has 0 bridgehead atoms. The van der Waals surface area contributed by atoms with E-state index < -0.39 is 19.7 Å². The van der Waals surface area contributed by atoms with Gasteiger partial charge in [-0.15, -0.1) is 0 Å². The number of anilines is 3. The first-order chi connectivity index (χ1) is 19.2. The molecule has 4 aromatic rings. The molecule has 0 aliphatic carbocycles.